The van der Waals surface area contributed by atoms with Gasteiger partial charge >= 0.3 is 0 Å². The first-order chi connectivity index (χ1) is 6.33. The van der Waals surface area contributed by atoms with Crippen LogP contribution in [-0.2, 0) is 12.3 Å². The van der Waals surface area contributed by atoms with E-state index in [0.29, 0.717) is 12.3 Å². The molecular formula is C9H10ClN3. The van der Waals surface area contributed by atoms with Gasteiger partial charge in [0.05, 0.1) is 18.2 Å². The first kappa shape index (κ1) is 9.85. The maximum absolute atomic E-state index is 8.56. The molecule has 68 valence electrons. The van der Waals surface area contributed by atoms with E-state index in [4.69, 9.17) is 22.7 Å². The van der Waals surface area contributed by atoms with Crippen LogP contribution in [0.1, 0.15) is 11.1 Å². The van der Waals surface area contributed by atoms with Crippen molar-refractivity contribution < 1.29 is 0 Å². The van der Waals surface area contributed by atoms with Crippen molar-refractivity contribution in [2.45, 2.75) is 12.3 Å². The molecule has 3 N–H and O–H groups in total. The van der Waals surface area contributed by atoms with Crippen molar-refractivity contribution in [1.29, 1.82) is 5.26 Å². The monoisotopic (exact) mass is 195 g/mol. The van der Waals surface area contributed by atoms with Gasteiger partial charge in [0.25, 0.3) is 0 Å². The molecule has 0 aliphatic heterocycles. The Morgan fingerprint density at radius 2 is 2.31 bits per heavy atom. The second-order valence-corrected chi connectivity index (χ2v) is 2.82. The average Bonchev–Trinajstić information content (AvgIpc) is 2.18. The summed E-state index contributed by atoms with van der Waals surface area (Å²) in [7, 11) is 0. The smallest absolute Gasteiger partial charge is 0.0669 e. The van der Waals surface area contributed by atoms with E-state index >= 15 is 0 Å². The number of nitrogens with one attached hydrogen (secondary N) is 1. The lowest BCUT2D eigenvalue weighted by atomic mass is 10.0. The Labute approximate surface area is 82.1 Å². The number of alkyl halides is 1. The highest BCUT2D eigenvalue weighted by atomic mass is 35.5. The van der Waals surface area contributed by atoms with Crippen molar-refractivity contribution in [2.75, 3.05) is 5.43 Å². The van der Waals surface area contributed by atoms with Crippen LogP contribution in [0.4, 0.5) is 5.69 Å². The van der Waals surface area contributed by atoms with Crippen molar-refractivity contribution >= 4 is 17.3 Å². The van der Waals surface area contributed by atoms with Gasteiger partial charge in [0, 0.05) is 5.88 Å². The predicted molar refractivity (Wildman–Crippen MR) is 53.1 cm³/mol. The minimum atomic E-state index is 0.359. The van der Waals surface area contributed by atoms with E-state index in [0.717, 1.165) is 16.8 Å². The summed E-state index contributed by atoms with van der Waals surface area (Å²) in [5.74, 6) is 5.66. The molecule has 0 atom stereocenters. The van der Waals surface area contributed by atoms with Crippen LogP contribution >= 0.6 is 11.6 Å². The average molecular weight is 196 g/mol. The van der Waals surface area contributed by atoms with Gasteiger partial charge in [-0.15, -0.1) is 11.6 Å². The number of halogens is 1. The second kappa shape index (κ2) is 4.70. The molecule has 0 heterocycles. The van der Waals surface area contributed by atoms with E-state index in [9.17, 15) is 0 Å². The SMILES string of the molecule is N#CCc1cccc(NN)c1CCl. The topological polar surface area (TPSA) is 61.8 Å². The summed E-state index contributed by atoms with van der Waals surface area (Å²) in [6, 6.07) is 7.64. The van der Waals surface area contributed by atoms with Crippen molar-refractivity contribution in [3.63, 3.8) is 0 Å². The lowest BCUT2D eigenvalue weighted by Crippen LogP contribution is -2.09. The molecule has 0 spiro atoms. The first-order valence-corrected chi connectivity index (χ1v) is 4.37. The summed E-state index contributed by atoms with van der Waals surface area (Å²) in [4.78, 5) is 0. The number of nitrogen functional groups attached to an aromatic ring is 1. The van der Waals surface area contributed by atoms with Crippen LogP contribution in [0.25, 0.3) is 0 Å². The summed E-state index contributed by atoms with van der Waals surface area (Å²) >= 11 is 5.75. The molecule has 0 bridgehead atoms. The van der Waals surface area contributed by atoms with E-state index in [-0.39, 0.29) is 0 Å². The van der Waals surface area contributed by atoms with Crippen LogP contribution in [0.2, 0.25) is 0 Å². The molecule has 0 aliphatic carbocycles. The third-order valence-corrected chi connectivity index (χ3v) is 2.10. The summed E-state index contributed by atoms with van der Waals surface area (Å²) in [5.41, 5.74) is 5.15. The maximum Gasteiger partial charge on any atom is 0.0669 e. The van der Waals surface area contributed by atoms with Crippen LogP contribution in [0, 0.1) is 11.3 Å². The van der Waals surface area contributed by atoms with E-state index in [1.807, 2.05) is 18.2 Å². The highest BCUT2D eigenvalue weighted by Crippen LogP contribution is 2.21. The molecular weight excluding hydrogens is 186 g/mol. The lowest BCUT2D eigenvalue weighted by molar-refractivity contribution is 1.18. The third kappa shape index (κ3) is 2.11. The number of hydrogen-bond donors (Lipinski definition) is 2. The number of anilines is 1. The predicted octanol–water partition coefficient (Wildman–Crippen LogP) is 1.78. The summed E-state index contributed by atoms with van der Waals surface area (Å²) in [5, 5.41) is 8.56. The van der Waals surface area contributed by atoms with Crippen LogP contribution in [0.3, 0.4) is 0 Å². The van der Waals surface area contributed by atoms with Gasteiger partial charge in [0.15, 0.2) is 0 Å². The van der Waals surface area contributed by atoms with Gasteiger partial charge in [0.1, 0.15) is 0 Å². The molecule has 3 nitrogen and oxygen atoms in total. The number of hydrogen-bond acceptors (Lipinski definition) is 3. The van der Waals surface area contributed by atoms with Gasteiger partial charge in [-0.25, -0.2) is 0 Å². The van der Waals surface area contributed by atoms with Gasteiger partial charge in [-0.1, -0.05) is 12.1 Å². The number of nitrogens with two attached hydrogens (primary N) is 1. The minimum Gasteiger partial charge on any atom is -0.324 e. The summed E-state index contributed by atoms with van der Waals surface area (Å²) < 4.78 is 0. The van der Waals surface area contributed by atoms with Gasteiger partial charge in [-0.3, -0.25) is 5.84 Å². The Morgan fingerprint density at radius 3 is 2.85 bits per heavy atom. The van der Waals surface area contributed by atoms with Gasteiger partial charge in [-0.2, -0.15) is 5.26 Å². The molecule has 0 fully saturated rings. The van der Waals surface area contributed by atoms with Crippen LogP contribution < -0.4 is 11.3 Å². The van der Waals surface area contributed by atoms with Gasteiger partial charge in [-0.05, 0) is 17.2 Å². The Bertz CT molecular complexity index is 330. The largest absolute Gasteiger partial charge is 0.324 e. The van der Waals surface area contributed by atoms with Gasteiger partial charge < -0.3 is 5.43 Å². The standard InChI is InChI=1S/C9H10ClN3/c10-6-8-7(4-5-11)2-1-3-9(8)13-12/h1-3,13H,4,6,12H2. The molecule has 1 aromatic carbocycles. The van der Waals surface area contributed by atoms with Gasteiger partial charge in [0.2, 0.25) is 0 Å². The Kier molecular flexibility index (Phi) is 3.56. The van der Waals surface area contributed by atoms with Crippen molar-refractivity contribution in [3.8, 4) is 6.07 Å². The second-order valence-electron chi connectivity index (χ2n) is 2.56. The molecule has 1 aromatic rings. The minimum absolute atomic E-state index is 0.359. The number of nitrogens with zero attached hydrogens (tertiary/aromatic N) is 1. The fourth-order valence-corrected chi connectivity index (χ4v) is 1.49. The van der Waals surface area contributed by atoms with Crippen molar-refractivity contribution in [1.82, 2.24) is 0 Å². The number of nitriles is 1. The zero-order chi connectivity index (χ0) is 9.68. The molecule has 4 heteroatoms. The molecule has 0 aliphatic rings. The lowest BCUT2D eigenvalue weighted by Gasteiger charge is -2.09. The fourth-order valence-electron chi connectivity index (χ4n) is 1.18. The van der Waals surface area contributed by atoms with E-state index in [1.54, 1.807) is 0 Å². The number of rotatable bonds is 3. The Morgan fingerprint density at radius 1 is 1.54 bits per heavy atom. The van der Waals surface area contributed by atoms with Crippen molar-refractivity contribution in [3.05, 3.63) is 29.3 Å². The molecule has 0 amide bonds. The quantitative estimate of drug-likeness (QED) is 0.439. The summed E-state index contributed by atoms with van der Waals surface area (Å²) in [6.07, 6.45) is 0.359. The fraction of sp³-hybridized carbons (Fsp3) is 0.222. The van der Waals surface area contributed by atoms with Crippen LogP contribution in [0.5, 0.6) is 0 Å². The normalized spacial score (nSPS) is 9.31. The zero-order valence-electron chi connectivity index (χ0n) is 7.05. The Balaban J connectivity index is 3.12. The first-order valence-electron chi connectivity index (χ1n) is 3.83. The van der Waals surface area contributed by atoms with Crippen LogP contribution in [-0.4, -0.2) is 0 Å². The van der Waals surface area contributed by atoms with E-state index in [2.05, 4.69) is 11.5 Å². The highest BCUT2D eigenvalue weighted by molar-refractivity contribution is 6.17. The third-order valence-electron chi connectivity index (χ3n) is 1.83. The van der Waals surface area contributed by atoms with Crippen LogP contribution in [0.15, 0.2) is 18.2 Å². The highest BCUT2D eigenvalue weighted by Gasteiger charge is 2.05. The van der Waals surface area contributed by atoms with E-state index < -0.39 is 0 Å². The molecule has 0 saturated heterocycles. The molecule has 0 unspecified atom stereocenters. The van der Waals surface area contributed by atoms with Crippen molar-refractivity contribution in [2.24, 2.45) is 5.84 Å². The number of hydrazine groups is 1. The molecule has 0 aromatic heterocycles. The van der Waals surface area contributed by atoms with E-state index in [1.165, 1.54) is 0 Å². The maximum atomic E-state index is 8.56. The molecule has 0 radical (unpaired) electrons. The molecule has 1 rings (SSSR count). The summed E-state index contributed by atoms with van der Waals surface area (Å²) in [6.45, 7) is 0. The Hall–Kier alpha value is -1.24. The molecule has 0 saturated carbocycles. The zero-order valence-corrected chi connectivity index (χ0v) is 7.80. The number of benzene rings is 1. The molecule has 13 heavy (non-hydrogen) atoms.